The molecule has 176 valence electrons. The summed E-state index contributed by atoms with van der Waals surface area (Å²) in [6.07, 6.45) is 0. The van der Waals surface area contributed by atoms with Crippen molar-refractivity contribution in [3.63, 3.8) is 0 Å². The first-order valence-electron chi connectivity index (χ1n) is 10.0. The van der Waals surface area contributed by atoms with Crippen molar-refractivity contribution in [2.24, 2.45) is 0 Å². The summed E-state index contributed by atoms with van der Waals surface area (Å²) < 4.78 is 60.5. The van der Waals surface area contributed by atoms with Crippen molar-refractivity contribution in [1.29, 1.82) is 0 Å². The van der Waals surface area contributed by atoms with Crippen LogP contribution in [0, 0.1) is 11.6 Å². The number of hydrogen-bond acceptors (Lipinski definition) is 4. The van der Waals surface area contributed by atoms with Crippen LogP contribution in [0.4, 0.5) is 17.6 Å². The molecular weight excluding hydrogens is 480 g/mol. The summed E-state index contributed by atoms with van der Waals surface area (Å²) >= 11 is 5.92. The molecule has 3 heterocycles. The average Bonchev–Trinajstić information content (AvgIpc) is 3.15. The van der Waals surface area contributed by atoms with Gasteiger partial charge in [-0.25, -0.2) is 13.5 Å². The van der Waals surface area contributed by atoms with E-state index in [4.69, 9.17) is 16.3 Å². The van der Waals surface area contributed by atoms with Gasteiger partial charge in [0.25, 0.3) is 11.5 Å². The number of ether oxygens (including phenoxy) is 1. The predicted octanol–water partition coefficient (Wildman–Crippen LogP) is 4.55. The number of nitrogens with zero attached hydrogens (tertiary/aromatic N) is 3. The number of carbonyl (C=O) groups is 1. The molecule has 0 fully saturated rings. The lowest BCUT2D eigenvalue weighted by atomic mass is 9.95. The molecule has 7 nitrogen and oxygen atoms in total. The van der Waals surface area contributed by atoms with Crippen molar-refractivity contribution in [2.45, 2.75) is 19.2 Å². The van der Waals surface area contributed by atoms with E-state index in [0.29, 0.717) is 15.9 Å². The van der Waals surface area contributed by atoms with E-state index in [1.54, 1.807) is 0 Å². The molecule has 5 rings (SSSR count). The molecule has 0 bridgehead atoms. The summed E-state index contributed by atoms with van der Waals surface area (Å²) in [4.78, 5) is 29.6. The number of pyridine rings is 1. The fraction of sp³-hybridized carbons (Fsp3) is 0.227. The molecule has 0 spiro atoms. The first-order chi connectivity index (χ1) is 16.2. The van der Waals surface area contributed by atoms with E-state index in [1.165, 1.54) is 30.1 Å². The maximum Gasteiger partial charge on any atom is 0.333 e. The number of benzene rings is 2. The number of H-pyrrole nitrogens is 1. The zero-order chi connectivity index (χ0) is 24.3. The molecule has 0 saturated heterocycles. The van der Waals surface area contributed by atoms with Gasteiger partial charge in [0.2, 0.25) is 0 Å². The van der Waals surface area contributed by atoms with Crippen LogP contribution in [0.3, 0.4) is 0 Å². The van der Waals surface area contributed by atoms with Crippen LogP contribution in [0.5, 0.6) is 0 Å². The topological polar surface area (TPSA) is 80.2 Å². The summed E-state index contributed by atoms with van der Waals surface area (Å²) in [5.74, 6) is -2.86. The van der Waals surface area contributed by atoms with E-state index in [-0.39, 0.29) is 45.6 Å². The highest BCUT2D eigenvalue weighted by Crippen LogP contribution is 2.35. The van der Waals surface area contributed by atoms with Crippen molar-refractivity contribution in [1.82, 2.24) is 19.7 Å². The third-order valence-electron chi connectivity index (χ3n) is 5.92. The van der Waals surface area contributed by atoms with Crippen molar-refractivity contribution in [3.05, 3.63) is 74.3 Å². The second-order valence-electron chi connectivity index (χ2n) is 7.85. The summed E-state index contributed by atoms with van der Waals surface area (Å²) in [7, 11) is 1.46. The van der Waals surface area contributed by atoms with Gasteiger partial charge >= 0.3 is 6.55 Å². The zero-order valence-electron chi connectivity index (χ0n) is 17.4. The van der Waals surface area contributed by atoms with E-state index in [9.17, 15) is 27.2 Å². The van der Waals surface area contributed by atoms with Crippen LogP contribution in [0.1, 0.15) is 34.2 Å². The highest BCUT2D eigenvalue weighted by molar-refractivity contribution is 6.34. The van der Waals surface area contributed by atoms with Crippen LogP contribution in [0.2, 0.25) is 5.15 Å². The number of rotatable bonds is 3. The molecule has 1 aliphatic heterocycles. The van der Waals surface area contributed by atoms with Crippen molar-refractivity contribution >= 4 is 39.2 Å². The molecule has 0 radical (unpaired) electrons. The average molecular weight is 495 g/mol. The Morgan fingerprint density at radius 2 is 1.91 bits per heavy atom. The van der Waals surface area contributed by atoms with Gasteiger partial charge in [0.05, 0.1) is 30.2 Å². The van der Waals surface area contributed by atoms with Gasteiger partial charge < -0.3 is 14.6 Å². The number of halogens is 5. The zero-order valence-corrected chi connectivity index (χ0v) is 18.2. The number of hydrogen-bond donors (Lipinski definition) is 1. The third kappa shape index (κ3) is 3.43. The van der Waals surface area contributed by atoms with Gasteiger partial charge in [-0.3, -0.25) is 9.59 Å². The number of carbonyl (C=O) groups excluding carboxylic acids is 1. The minimum Gasteiger partial charge on any atom is -0.373 e. The highest BCUT2D eigenvalue weighted by atomic mass is 35.5. The Morgan fingerprint density at radius 1 is 1.21 bits per heavy atom. The third-order valence-corrected chi connectivity index (χ3v) is 6.20. The number of aromatic amines is 1. The molecule has 1 aliphatic rings. The van der Waals surface area contributed by atoms with Crippen LogP contribution in [-0.2, 0) is 11.3 Å². The van der Waals surface area contributed by atoms with Crippen LogP contribution in [-0.4, -0.2) is 39.2 Å². The van der Waals surface area contributed by atoms with Crippen LogP contribution in [0.15, 0.2) is 35.1 Å². The largest absolute Gasteiger partial charge is 0.373 e. The number of alkyl halides is 2. The van der Waals surface area contributed by atoms with E-state index >= 15 is 0 Å². The molecule has 1 atom stereocenters. The lowest BCUT2D eigenvalue weighted by Crippen LogP contribution is -2.37. The Labute approximate surface area is 193 Å². The molecular formula is C22H15ClF4N4O3. The van der Waals surface area contributed by atoms with Gasteiger partial charge in [-0.15, -0.1) is 0 Å². The maximum atomic E-state index is 14.1. The second-order valence-corrected chi connectivity index (χ2v) is 8.21. The summed E-state index contributed by atoms with van der Waals surface area (Å²) in [5.41, 5.74) is 0.182. The fourth-order valence-electron chi connectivity index (χ4n) is 4.27. The van der Waals surface area contributed by atoms with Gasteiger partial charge in [0.1, 0.15) is 0 Å². The van der Waals surface area contributed by atoms with Crippen molar-refractivity contribution in [3.8, 4) is 0 Å². The Bertz CT molecular complexity index is 1530. The molecule has 0 saturated carbocycles. The minimum atomic E-state index is -2.96. The first-order valence-corrected chi connectivity index (χ1v) is 10.4. The number of amides is 1. The van der Waals surface area contributed by atoms with Gasteiger partial charge in [-0.2, -0.15) is 13.9 Å². The molecule has 1 amide bonds. The summed E-state index contributed by atoms with van der Waals surface area (Å²) in [6, 6.07) is 5.05. The van der Waals surface area contributed by atoms with Gasteiger partial charge in [0, 0.05) is 29.3 Å². The smallest absolute Gasteiger partial charge is 0.333 e. The van der Waals surface area contributed by atoms with Gasteiger partial charge in [-0.05, 0) is 35.7 Å². The van der Waals surface area contributed by atoms with Crippen LogP contribution < -0.4 is 5.56 Å². The molecule has 0 aliphatic carbocycles. The Kier molecular flexibility index (Phi) is 5.33. The summed E-state index contributed by atoms with van der Waals surface area (Å²) in [5, 5.41) is 3.82. The molecule has 2 aromatic carbocycles. The van der Waals surface area contributed by atoms with E-state index < -0.39 is 35.7 Å². The number of fused-ring (bicyclic) bond motifs is 4. The first kappa shape index (κ1) is 22.4. The van der Waals surface area contributed by atoms with E-state index in [1.807, 2.05) is 0 Å². The summed E-state index contributed by atoms with van der Waals surface area (Å²) in [6.45, 7) is -2.94. The van der Waals surface area contributed by atoms with Gasteiger partial charge in [-0.1, -0.05) is 11.6 Å². The molecule has 4 aromatic rings. The number of likely N-dealkylation sites (N-methyl/N-ethyl adjacent to an activating group) is 1. The van der Waals surface area contributed by atoms with Crippen molar-refractivity contribution in [2.75, 3.05) is 13.7 Å². The standard InChI is InChI=1S/C22H15ClF4N4O3/c1-30(21(33)9-2-3-10-16(4-9)31(22(26)27)29-19(10)23)17-8-34-7-15-18(17)11-5-13(24)14(25)6-12(11)20(32)28-15/h2-6,17,22H,7-8H2,1H3,(H,28,32). The quantitative estimate of drug-likeness (QED) is 0.424. The maximum absolute atomic E-state index is 14.1. The second kappa shape index (κ2) is 8.10. The minimum absolute atomic E-state index is 0.00999. The molecule has 1 N–H and O–H groups in total. The predicted molar refractivity (Wildman–Crippen MR) is 115 cm³/mol. The van der Waals surface area contributed by atoms with Gasteiger partial charge in [0.15, 0.2) is 16.8 Å². The Morgan fingerprint density at radius 3 is 2.62 bits per heavy atom. The lowest BCUT2D eigenvalue weighted by Gasteiger charge is -2.34. The molecule has 1 unspecified atom stereocenters. The fourth-order valence-corrected chi connectivity index (χ4v) is 4.51. The van der Waals surface area contributed by atoms with E-state index in [0.717, 1.165) is 12.1 Å². The monoisotopic (exact) mass is 494 g/mol. The molecule has 34 heavy (non-hydrogen) atoms. The molecule has 2 aromatic heterocycles. The Balaban J connectivity index is 1.61. The lowest BCUT2D eigenvalue weighted by molar-refractivity contribution is 0.0335. The number of nitrogens with one attached hydrogen (secondary N) is 1. The van der Waals surface area contributed by atoms with Crippen molar-refractivity contribution < 1.29 is 27.1 Å². The Hall–Kier alpha value is -3.44. The van der Waals surface area contributed by atoms with E-state index in [2.05, 4.69) is 10.1 Å². The van der Waals surface area contributed by atoms with Crippen LogP contribution >= 0.6 is 11.6 Å². The highest BCUT2D eigenvalue weighted by Gasteiger charge is 2.32. The normalized spacial score (nSPS) is 15.8. The SMILES string of the molecule is CN(C(=O)c1ccc2c(Cl)nn(C(F)F)c2c1)C1COCc2[nH]c(=O)c3cc(F)c(F)cc3c21. The van der Waals surface area contributed by atoms with Crippen LogP contribution in [0.25, 0.3) is 21.7 Å². The number of aromatic nitrogens is 3. The molecule has 12 heteroatoms.